The van der Waals surface area contributed by atoms with Crippen molar-refractivity contribution in [1.29, 1.82) is 0 Å². The van der Waals surface area contributed by atoms with Crippen LogP contribution in [0.5, 0.6) is 0 Å². The van der Waals surface area contributed by atoms with Crippen LogP contribution < -0.4 is 5.32 Å². The van der Waals surface area contributed by atoms with Gasteiger partial charge in [-0.15, -0.1) is 0 Å². The zero-order valence-electron chi connectivity index (χ0n) is 18.5. The van der Waals surface area contributed by atoms with Gasteiger partial charge >= 0.3 is 0 Å². The normalized spacial score (nSPS) is 15.9. The number of benzene rings is 2. The van der Waals surface area contributed by atoms with E-state index in [4.69, 9.17) is 0 Å². The maximum atomic E-state index is 13.2. The third-order valence-corrected chi connectivity index (χ3v) is 6.33. The summed E-state index contributed by atoms with van der Waals surface area (Å²) >= 11 is 0. The number of fused-ring (bicyclic) bond motifs is 1. The number of rotatable bonds is 5. The molecule has 1 aliphatic rings. The van der Waals surface area contributed by atoms with Gasteiger partial charge in [0.2, 0.25) is 5.91 Å². The Morgan fingerprint density at radius 3 is 2.35 bits per heavy atom. The molecule has 5 heteroatoms. The molecule has 162 valence electrons. The predicted molar refractivity (Wildman–Crippen MR) is 124 cm³/mol. The lowest BCUT2D eigenvalue weighted by atomic mass is 9.92. The van der Waals surface area contributed by atoms with E-state index in [1.54, 1.807) is 12.1 Å². The van der Waals surface area contributed by atoms with E-state index in [0.717, 1.165) is 23.9 Å². The quantitative estimate of drug-likeness (QED) is 0.635. The Morgan fingerprint density at radius 1 is 1.03 bits per heavy atom. The van der Waals surface area contributed by atoms with Gasteiger partial charge in [-0.25, -0.2) is 0 Å². The van der Waals surface area contributed by atoms with Crippen LogP contribution in [0.2, 0.25) is 0 Å². The van der Waals surface area contributed by atoms with Gasteiger partial charge in [-0.1, -0.05) is 49.7 Å². The number of hydrogen-bond acceptors (Lipinski definition) is 2. The fraction of sp³-hybridized carbons (Fsp3) is 0.385. The Labute approximate surface area is 183 Å². The Morgan fingerprint density at radius 2 is 1.71 bits per heavy atom. The van der Waals surface area contributed by atoms with Gasteiger partial charge in [-0.05, 0) is 55.3 Å². The van der Waals surface area contributed by atoms with Crippen molar-refractivity contribution < 1.29 is 9.59 Å². The number of hydrogen-bond donors (Lipinski definition) is 2. The van der Waals surface area contributed by atoms with Gasteiger partial charge in [0.25, 0.3) is 5.91 Å². The van der Waals surface area contributed by atoms with Crippen LogP contribution in [0, 0.1) is 12.8 Å². The number of likely N-dealkylation sites (tertiary alicyclic amines) is 1. The third kappa shape index (κ3) is 4.66. The lowest BCUT2D eigenvalue weighted by Gasteiger charge is -2.35. The summed E-state index contributed by atoms with van der Waals surface area (Å²) in [4.78, 5) is 31.4. The molecule has 2 amide bonds. The smallest absolute Gasteiger partial charge is 0.251 e. The van der Waals surface area contributed by atoms with Gasteiger partial charge in [-0.3, -0.25) is 9.59 Å². The molecule has 1 aliphatic heterocycles. The molecule has 5 nitrogen and oxygen atoms in total. The minimum absolute atomic E-state index is 0.0190. The number of aryl methyl sites for hydroxylation is 1. The molecule has 0 bridgehead atoms. The summed E-state index contributed by atoms with van der Waals surface area (Å²) in [6, 6.07) is 17.5. The van der Waals surface area contributed by atoms with Crippen LogP contribution in [-0.2, 0) is 4.79 Å². The van der Waals surface area contributed by atoms with E-state index in [1.165, 1.54) is 11.1 Å². The Balaban J connectivity index is 1.39. The third-order valence-electron chi connectivity index (χ3n) is 6.33. The van der Waals surface area contributed by atoms with Crippen molar-refractivity contribution in [1.82, 2.24) is 15.2 Å². The van der Waals surface area contributed by atoms with Crippen LogP contribution in [0.4, 0.5) is 0 Å². The minimum Gasteiger partial charge on any atom is -0.358 e. The van der Waals surface area contributed by atoms with Crippen molar-refractivity contribution in [2.75, 3.05) is 13.1 Å². The molecule has 1 aromatic heterocycles. The molecule has 4 rings (SSSR count). The van der Waals surface area contributed by atoms with E-state index in [0.29, 0.717) is 24.6 Å². The van der Waals surface area contributed by atoms with Gasteiger partial charge in [0.15, 0.2) is 0 Å². The monoisotopic (exact) mass is 417 g/mol. The zero-order valence-corrected chi connectivity index (χ0v) is 18.5. The fourth-order valence-corrected chi connectivity index (χ4v) is 4.37. The van der Waals surface area contributed by atoms with Crippen molar-refractivity contribution in [2.24, 2.45) is 5.92 Å². The SMILES string of the molecule is Cc1ccc(C(=O)NC(C(=O)N2CCC(c3cc4ccccc4[nH]3)CC2)C(C)C)cc1. The van der Waals surface area contributed by atoms with E-state index in [-0.39, 0.29) is 17.7 Å². The second-order valence-electron chi connectivity index (χ2n) is 8.97. The van der Waals surface area contributed by atoms with Crippen molar-refractivity contribution in [3.63, 3.8) is 0 Å². The molecule has 1 fully saturated rings. The average molecular weight is 418 g/mol. The lowest BCUT2D eigenvalue weighted by molar-refractivity contribution is -0.135. The number of carbonyl (C=O) groups excluding carboxylic acids is 2. The highest BCUT2D eigenvalue weighted by Gasteiger charge is 2.32. The molecule has 1 saturated heterocycles. The van der Waals surface area contributed by atoms with Gasteiger partial charge in [0.05, 0.1) is 0 Å². The van der Waals surface area contributed by atoms with E-state index in [1.807, 2.05) is 43.9 Å². The number of aromatic nitrogens is 1. The highest BCUT2D eigenvalue weighted by molar-refractivity contribution is 5.97. The van der Waals surface area contributed by atoms with Crippen molar-refractivity contribution >= 4 is 22.7 Å². The van der Waals surface area contributed by atoms with Crippen LogP contribution >= 0.6 is 0 Å². The summed E-state index contributed by atoms with van der Waals surface area (Å²) in [5, 5.41) is 4.20. The molecular formula is C26H31N3O2. The molecule has 0 saturated carbocycles. The van der Waals surface area contributed by atoms with Gasteiger partial charge in [0.1, 0.15) is 6.04 Å². The van der Waals surface area contributed by atoms with Crippen LogP contribution in [0.3, 0.4) is 0 Å². The topological polar surface area (TPSA) is 65.2 Å². The number of piperidine rings is 1. The maximum absolute atomic E-state index is 13.2. The second-order valence-corrected chi connectivity index (χ2v) is 8.97. The molecule has 0 aliphatic carbocycles. The van der Waals surface area contributed by atoms with Crippen molar-refractivity contribution in [2.45, 2.75) is 45.6 Å². The first-order valence-corrected chi connectivity index (χ1v) is 11.2. The predicted octanol–water partition coefficient (Wildman–Crippen LogP) is 4.64. The Kier molecular flexibility index (Phi) is 6.12. The van der Waals surface area contributed by atoms with Crippen LogP contribution in [0.1, 0.15) is 54.2 Å². The van der Waals surface area contributed by atoms with Gasteiger partial charge in [-0.2, -0.15) is 0 Å². The molecule has 1 atom stereocenters. The van der Waals surface area contributed by atoms with Crippen LogP contribution in [0.25, 0.3) is 10.9 Å². The van der Waals surface area contributed by atoms with Crippen LogP contribution in [-0.4, -0.2) is 40.8 Å². The molecule has 2 heterocycles. The number of H-pyrrole nitrogens is 1. The van der Waals surface area contributed by atoms with Crippen molar-refractivity contribution in [3.05, 3.63) is 71.4 Å². The zero-order chi connectivity index (χ0) is 22.0. The molecule has 1 unspecified atom stereocenters. The first-order chi connectivity index (χ1) is 14.9. The van der Waals surface area contributed by atoms with Gasteiger partial charge in [0, 0.05) is 35.8 Å². The number of para-hydroxylation sites is 1. The lowest BCUT2D eigenvalue weighted by Crippen LogP contribution is -2.52. The first-order valence-electron chi connectivity index (χ1n) is 11.2. The van der Waals surface area contributed by atoms with E-state index < -0.39 is 6.04 Å². The maximum Gasteiger partial charge on any atom is 0.251 e. The molecule has 3 aromatic rings. The molecule has 0 radical (unpaired) electrons. The first kappa shape index (κ1) is 21.2. The molecule has 0 spiro atoms. The van der Waals surface area contributed by atoms with Crippen molar-refractivity contribution in [3.8, 4) is 0 Å². The van der Waals surface area contributed by atoms with E-state index in [9.17, 15) is 9.59 Å². The Hall–Kier alpha value is -3.08. The summed E-state index contributed by atoms with van der Waals surface area (Å²) in [6.45, 7) is 7.37. The number of nitrogens with zero attached hydrogens (tertiary/aromatic N) is 1. The number of nitrogens with one attached hydrogen (secondary N) is 2. The number of carbonyl (C=O) groups is 2. The number of aromatic amines is 1. The molecule has 31 heavy (non-hydrogen) atoms. The summed E-state index contributed by atoms with van der Waals surface area (Å²) in [5.41, 5.74) is 4.10. The summed E-state index contributed by atoms with van der Waals surface area (Å²) in [5.74, 6) is 0.273. The largest absolute Gasteiger partial charge is 0.358 e. The molecule has 2 aromatic carbocycles. The molecular weight excluding hydrogens is 386 g/mol. The highest BCUT2D eigenvalue weighted by atomic mass is 16.2. The summed E-state index contributed by atoms with van der Waals surface area (Å²) < 4.78 is 0. The average Bonchev–Trinajstić information content (AvgIpc) is 3.21. The number of amides is 2. The standard InChI is InChI=1S/C26H31N3O2/c1-17(2)24(28-25(30)20-10-8-18(3)9-11-20)26(31)29-14-12-19(13-15-29)23-16-21-6-4-5-7-22(21)27-23/h4-11,16-17,19,24,27H,12-15H2,1-3H3,(H,28,30). The molecule has 2 N–H and O–H groups in total. The van der Waals surface area contributed by atoms with E-state index >= 15 is 0 Å². The summed E-state index contributed by atoms with van der Waals surface area (Å²) in [7, 11) is 0. The fourth-order valence-electron chi connectivity index (χ4n) is 4.37. The van der Waals surface area contributed by atoms with Crippen LogP contribution in [0.15, 0.2) is 54.6 Å². The second kappa shape index (κ2) is 8.96. The van der Waals surface area contributed by atoms with Gasteiger partial charge < -0.3 is 15.2 Å². The van der Waals surface area contributed by atoms with E-state index in [2.05, 4.69) is 34.6 Å². The minimum atomic E-state index is -0.515. The summed E-state index contributed by atoms with van der Waals surface area (Å²) in [6.07, 6.45) is 1.85. The Bertz CT molecular complexity index is 1030. The highest BCUT2D eigenvalue weighted by Crippen LogP contribution is 2.30.